The van der Waals surface area contributed by atoms with Crippen molar-refractivity contribution in [2.24, 2.45) is 14.1 Å². The third-order valence-corrected chi connectivity index (χ3v) is 19.3. The highest BCUT2D eigenvalue weighted by molar-refractivity contribution is 6.18. The Bertz CT molecular complexity index is 5890. The van der Waals surface area contributed by atoms with Crippen molar-refractivity contribution in [3.05, 3.63) is 376 Å². The molecule has 0 aliphatic rings. The highest BCUT2D eigenvalue weighted by atomic mass is 15.2. The van der Waals surface area contributed by atoms with Crippen LogP contribution in [-0.4, -0.2) is 28.2 Å². The normalized spacial score (nSPS) is 11.3. The first kappa shape index (κ1) is 61.3. The number of hydrogen-bond donors (Lipinski definition) is 0. The standard InChI is InChI=1S/C47H36N4.C46H34N4/c1-33-25-29-38(30-26-33)50(37-19-10-5-11-20-37)42-23-14-24-43-44(42)40-21-12-13-22-41(40)51(43)39-31-27-36(28-32-39)47-48-45(34-15-6-3-7-16-34)46(49(47)2)35-17-8-4-9-18-35;1-48-45(34-19-8-3-9-20-34)44(33-17-6-2-7-18-33)47-46(48)35-29-31-38(32-30-35)50-40-26-15-14-25-39(40)43-41(27-16-28-42(43)50)49(36-21-10-4-11-22-36)37-23-12-5-13-24-37/h3-32H,1-2H3;2-32H,1H3. The Morgan fingerprint density at radius 1 is 0.248 bits per heavy atom. The first-order valence-corrected chi connectivity index (χ1v) is 34.3. The van der Waals surface area contributed by atoms with E-state index >= 15 is 0 Å². The van der Waals surface area contributed by atoms with Crippen LogP contribution in [-0.2, 0) is 14.1 Å². The predicted molar refractivity (Wildman–Crippen MR) is 422 cm³/mol. The number of aromatic nitrogens is 6. The van der Waals surface area contributed by atoms with Crippen LogP contribution >= 0.6 is 0 Å². The fourth-order valence-corrected chi connectivity index (χ4v) is 14.7. The molecule has 18 rings (SSSR count). The summed E-state index contributed by atoms with van der Waals surface area (Å²) in [5, 5.41) is 4.85. The van der Waals surface area contributed by atoms with E-state index in [1.54, 1.807) is 0 Å². The van der Waals surface area contributed by atoms with Gasteiger partial charge in [0, 0.05) is 103 Å². The summed E-state index contributed by atoms with van der Waals surface area (Å²) in [6.07, 6.45) is 0. The maximum Gasteiger partial charge on any atom is 0.140 e. The van der Waals surface area contributed by atoms with Crippen molar-refractivity contribution in [2.45, 2.75) is 6.92 Å². The number of para-hydroxylation sites is 5. The minimum Gasteiger partial charge on any atom is -0.327 e. The van der Waals surface area contributed by atoms with E-state index in [9.17, 15) is 0 Å². The average Bonchev–Trinajstić information content (AvgIpc) is 1.59. The van der Waals surface area contributed by atoms with Crippen molar-refractivity contribution in [2.75, 3.05) is 9.80 Å². The van der Waals surface area contributed by atoms with E-state index in [0.29, 0.717) is 0 Å². The van der Waals surface area contributed by atoms with Crippen LogP contribution in [0, 0.1) is 6.92 Å². The fourth-order valence-electron chi connectivity index (χ4n) is 14.7. The van der Waals surface area contributed by atoms with Gasteiger partial charge < -0.3 is 28.1 Å². The van der Waals surface area contributed by atoms with Gasteiger partial charge in [0.2, 0.25) is 0 Å². The molecular formula is C93H70N8. The lowest BCUT2D eigenvalue weighted by molar-refractivity contribution is 0.933. The molecule has 0 N–H and O–H groups in total. The van der Waals surface area contributed by atoms with Crippen LogP contribution in [0.15, 0.2) is 370 Å². The molecule has 0 amide bonds. The van der Waals surface area contributed by atoms with Crippen molar-refractivity contribution in [1.82, 2.24) is 28.2 Å². The van der Waals surface area contributed by atoms with E-state index in [-0.39, 0.29) is 0 Å². The number of rotatable bonds is 14. The molecule has 0 spiro atoms. The van der Waals surface area contributed by atoms with Crippen molar-refractivity contribution in [3.8, 4) is 79.2 Å². The fraction of sp³-hybridized carbons (Fsp3) is 0.0323. The first-order chi connectivity index (χ1) is 49.9. The van der Waals surface area contributed by atoms with Crippen molar-refractivity contribution in [3.63, 3.8) is 0 Å². The van der Waals surface area contributed by atoms with Gasteiger partial charge in [0.25, 0.3) is 0 Å². The molecule has 8 nitrogen and oxygen atoms in total. The second-order valence-electron chi connectivity index (χ2n) is 25.5. The lowest BCUT2D eigenvalue weighted by Gasteiger charge is -2.26. The highest BCUT2D eigenvalue weighted by Crippen LogP contribution is 2.47. The van der Waals surface area contributed by atoms with Gasteiger partial charge in [0.15, 0.2) is 0 Å². The van der Waals surface area contributed by atoms with Crippen LogP contribution in [0.4, 0.5) is 34.1 Å². The van der Waals surface area contributed by atoms with Gasteiger partial charge in [-0.05, 0) is 140 Å². The molecule has 0 atom stereocenters. The van der Waals surface area contributed by atoms with Crippen LogP contribution in [0.1, 0.15) is 5.56 Å². The summed E-state index contributed by atoms with van der Waals surface area (Å²) >= 11 is 0. The van der Waals surface area contributed by atoms with Crippen molar-refractivity contribution < 1.29 is 0 Å². The zero-order valence-corrected chi connectivity index (χ0v) is 56.3. The maximum absolute atomic E-state index is 5.26. The third-order valence-electron chi connectivity index (χ3n) is 19.3. The summed E-state index contributed by atoms with van der Waals surface area (Å²) < 4.78 is 9.22. The van der Waals surface area contributed by atoms with Crippen LogP contribution in [0.2, 0.25) is 0 Å². The monoisotopic (exact) mass is 1300 g/mol. The number of benzene rings is 14. The Hall–Kier alpha value is -13.3. The smallest absolute Gasteiger partial charge is 0.140 e. The Morgan fingerprint density at radius 3 is 0.901 bits per heavy atom. The van der Waals surface area contributed by atoms with Gasteiger partial charge in [0.05, 0.1) is 56.2 Å². The zero-order valence-electron chi connectivity index (χ0n) is 56.3. The van der Waals surface area contributed by atoms with Crippen LogP contribution < -0.4 is 9.80 Å². The second-order valence-corrected chi connectivity index (χ2v) is 25.5. The molecule has 0 fully saturated rings. The molecular weight excluding hydrogens is 1230 g/mol. The molecule has 0 bridgehead atoms. The summed E-state index contributed by atoms with van der Waals surface area (Å²) in [6.45, 7) is 2.13. The largest absolute Gasteiger partial charge is 0.327 e. The van der Waals surface area contributed by atoms with Crippen molar-refractivity contribution >= 4 is 77.7 Å². The van der Waals surface area contributed by atoms with Crippen molar-refractivity contribution in [1.29, 1.82) is 0 Å². The summed E-state index contributed by atoms with van der Waals surface area (Å²) in [6, 6.07) is 131. The number of hydrogen-bond acceptors (Lipinski definition) is 4. The van der Waals surface area contributed by atoms with Crippen LogP contribution in [0.3, 0.4) is 0 Å². The Morgan fingerprint density at radius 2 is 0.545 bits per heavy atom. The summed E-state index contributed by atoms with van der Waals surface area (Å²) in [5.41, 5.74) is 25.6. The molecule has 0 radical (unpaired) electrons. The van der Waals surface area contributed by atoms with Gasteiger partial charge in [-0.2, -0.15) is 0 Å². The minimum atomic E-state index is 0.931. The lowest BCUT2D eigenvalue weighted by Crippen LogP contribution is -2.10. The molecule has 0 unspecified atom stereocenters. The highest BCUT2D eigenvalue weighted by Gasteiger charge is 2.26. The molecule has 101 heavy (non-hydrogen) atoms. The summed E-state index contributed by atoms with van der Waals surface area (Å²) in [7, 11) is 4.23. The van der Waals surface area contributed by atoms with Crippen LogP contribution in [0.5, 0.6) is 0 Å². The van der Waals surface area contributed by atoms with E-state index < -0.39 is 0 Å². The van der Waals surface area contributed by atoms with E-state index in [1.807, 2.05) is 12.1 Å². The molecule has 8 heteroatoms. The van der Waals surface area contributed by atoms with Gasteiger partial charge >= 0.3 is 0 Å². The van der Waals surface area contributed by atoms with E-state index in [1.165, 1.54) is 38.1 Å². The van der Waals surface area contributed by atoms with Gasteiger partial charge in [0.1, 0.15) is 11.6 Å². The Labute approximate surface area is 588 Å². The van der Waals surface area contributed by atoms with Crippen LogP contribution in [0.25, 0.3) is 123 Å². The molecule has 4 heterocycles. The maximum atomic E-state index is 5.26. The van der Waals surface area contributed by atoms with Gasteiger partial charge in [-0.3, -0.25) is 0 Å². The molecule has 0 aliphatic heterocycles. The lowest BCUT2D eigenvalue weighted by atomic mass is 10.1. The van der Waals surface area contributed by atoms with E-state index in [2.05, 4.69) is 407 Å². The van der Waals surface area contributed by atoms with Gasteiger partial charge in [-0.1, -0.05) is 242 Å². The Balaban J connectivity index is 0.000000151. The number of imidazole rings is 2. The number of aryl methyl sites for hydroxylation is 1. The summed E-state index contributed by atoms with van der Waals surface area (Å²) in [4.78, 5) is 15.3. The number of nitrogens with zero attached hydrogens (tertiary/aromatic N) is 8. The Kier molecular flexibility index (Phi) is 16.1. The van der Waals surface area contributed by atoms with Gasteiger partial charge in [-0.25, -0.2) is 9.97 Å². The molecule has 482 valence electrons. The first-order valence-electron chi connectivity index (χ1n) is 34.3. The SMILES string of the molecule is Cc1ccc(N(c2ccccc2)c2cccc3c2c2ccccc2n3-c2ccc(-c3nc(-c4ccccc4)c(-c4ccccc4)n3C)cc2)cc1.Cn1c(-c2ccc(-n3c4ccccc4c4c(N(c5ccccc5)c5ccccc5)cccc43)cc2)nc(-c2ccccc2)c1-c1ccccc1. The third kappa shape index (κ3) is 11.3. The number of anilines is 6. The molecule has 0 aliphatic carbocycles. The van der Waals surface area contributed by atoms with E-state index in [4.69, 9.17) is 9.97 Å². The van der Waals surface area contributed by atoms with Gasteiger partial charge in [-0.15, -0.1) is 0 Å². The zero-order chi connectivity index (χ0) is 67.8. The number of fused-ring (bicyclic) bond motifs is 6. The predicted octanol–water partition coefficient (Wildman–Crippen LogP) is 24.3. The summed E-state index contributed by atoms with van der Waals surface area (Å²) in [5.74, 6) is 1.86. The minimum absolute atomic E-state index is 0.931. The topological polar surface area (TPSA) is 52.0 Å². The molecule has 4 aromatic heterocycles. The second kappa shape index (κ2) is 26.6. The molecule has 14 aromatic carbocycles. The molecule has 18 aromatic rings. The quantitative estimate of drug-likeness (QED) is 0.109. The average molecular weight is 1300 g/mol. The molecule has 0 saturated carbocycles. The molecule has 0 saturated heterocycles. The van der Waals surface area contributed by atoms with E-state index in [0.717, 1.165) is 124 Å².